The number of anilines is 1. The van der Waals surface area contributed by atoms with E-state index in [1.165, 1.54) is 0 Å². The number of nitrogens with zero attached hydrogens (tertiary/aromatic N) is 5. The van der Waals surface area contributed by atoms with E-state index in [1.54, 1.807) is 0 Å². The first-order valence-electron chi connectivity index (χ1n) is 8.19. The maximum absolute atomic E-state index is 12.3. The van der Waals surface area contributed by atoms with E-state index in [2.05, 4.69) is 16.0 Å². The molecular formula is C17H19N5O. The second-order valence-corrected chi connectivity index (χ2v) is 6.26. The Morgan fingerprint density at radius 3 is 2.87 bits per heavy atom. The van der Waals surface area contributed by atoms with Gasteiger partial charge in [-0.3, -0.25) is 9.20 Å². The average molecular weight is 309 g/mol. The predicted octanol–water partition coefficient (Wildman–Crippen LogP) is 1.65. The van der Waals surface area contributed by atoms with E-state index in [4.69, 9.17) is 0 Å². The summed E-state index contributed by atoms with van der Waals surface area (Å²) in [7, 11) is 0. The first-order chi connectivity index (χ1) is 11.3. The second kappa shape index (κ2) is 5.58. The Bertz CT molecular complexity index is 786. The molecule has 0 N–H and O–H groups in total. The molecule has 2 fully saturated rings. The number of amides is 1. The van der Waals surface area contributed by atoms with Crippen LogP contribution in [0.3, 0.4) is 0 Å². The maximum Gasteiger partial charge on any atom is 0.225 e. The third-order valence-electron chi connectivity index (χ3n) is 4.65. The fraction of sp³-hybridized carbons (Fsp3) is 0.471. The molecule has 6 nitrogen and oxygen atoms in total. The van der Waals surface area contributed by atoms with Gasteiger partial charge in [-0.1, -0.05) is 6.07 Å². The van der Waals surface area contributed by atoms with Crippen LogP contribution in [0.5, 0.6) is 0 Å². The van der Waals surface area contributed by atoms with Crippen LogP contribution in [0.1, 0.15) is 25.0 Å². The summed E-state index contributed by atoms with van der Waals surface area (Å²) in [6, 6.07) is 8.01. The Morgan fingerprint density at radius 2 is 2.09 bits per heavy atom. The van der Waals surface area contributed by atoms with Gasteiger partial charge in [-0.2, -0.15) is 5.26 Å². The second-order valence-electron chi connectivity index (χ2n) is 6.26. The molecule has 6 heteroatoms. The van der Waals surface area contributed by atoms with Crippen LogP contribution < -0.4 is 4.90 Å². The lowest BCUT2D eigenvalue weighted by Gasteiger charge is -2.22. The van der Waals surface area contributed by atoms with E-state index >= 15 is 0 Å². The Balaban J connectivity index is 1.59. The summed E-state index contributed by atoms with van der Waals surface area (Å²) >= 11 is 0. The van der Waals surface area contributed by atoms with Gasteiger partial charge in [0.25, 0.3) is 0 Å². The van der Waals surface area contributed by atoms with Crippen molar-refractivity contribution in [3.63, 3.8) is 0 Å². The van der Waals surface area contributed by atoms with Crippen molar-refractivity contribution in [2.75, 3.05) is 31.1 Å². The minimum Gasteiger partial charge on any atom is -0.352 e. The highest BCUT2D eigenvalue weighted by Crippen LogP contribution is 2.31. The van der Waals surface area contributed by atoms with Crippen LogP contribution in [-0.4, -0.2) is 46.4 Å². The van der Waals surface area contributed by atoms with E-state index in [0.29, 0.717) is 18.1 Å². The van der Waals surface area contributed by atoms with Crippen molar-refractivity contribution in [3.8, 4) is 6.07 Å². The number of aromatic nitrogens is 2. The Hall–Kier alpha value is -2.55. The highest BCUT2D eigenvalue weighted by Gasteiger charge is 2.34. The molecule has 0 unspecified atom stereocenters. The van der Waals surface area contributed by atoms with Gasteiger partial charge in [-0.05, 0) is 31.4 Å². The molecule has 0 spiro atoms. The zero-order chi connectivity index (χ0) is 15.8. The van der Waals surface area contributed by atoms with E-state index in [1.807, 2.05) is 33.7 Å². The summed E-state index contributed by atoms with van der Waals surface area (Å²) in [5.41, 5.74) is 1.36. The zero-order valence-corrected chi connectivity index (χ0v) is 13.0. The van der Waals surface area contributed by atoms with Gasteiger partial charge >= 0.3 is 0 Å². The maximum atomic E-state index is 12.3. The molecule has 2 aromatic heterocycles. The molecular weight excluding hydrogens is 290 g/mol. The van der Waals surface area contributed by atoms with Crippen LogP contribution in [0.25, 0.3) is 5.65 Å². The van der Waals surface area contributed by atoms with E-state index < -0.39 is 0 Å². The molecule has 2 aliphatic rings. The lowest BCUT2D eigenvalue weighted by atomic mass is 10.3. The van der Waals surface area contributed by atoms with Gasteiger partial charge in [0.05, 0.1) is 0 Å². The van der Waals surface area contributed by atoms with Gasteiger partial charge in [-0.25, -0.2) is 4.98 Å². The summed E-state index contributed by atoms with van der Waals surface area (Å²) < 4.78 is 1.83. The van der Waals surface area contributed by atoms with Crippen molar-refractivity contribution in [1.82, 2.24) is 14.3 Å². The van der Waals surface area contributed by atoms with Crippen LogP contribution in [0.2, 0.25) is 0 Å². The highest BCUT2D eigenvalue weighted by atomic mass is 16.2. The van der Waals surface area contributed by atoms with Crippen molar-refractivity contribution >= 4 is 17.4 Å². The van der Waals surface area contributed by atoms with E-state index in [9.17, 15) is 10.1 Å². The van der Waals surface area contributed by atoms with Gasteiger partial charge in [-0.15, -0.1) is 0 Å². The van der Waals surface area contributed by atoms with Crippen molar-refractivity contribution in [2.45, 2.75) is 19.3 Å². The molecule has 4 rings (SSSR count). The number of nitriles is 1. The van der Waals surface area contributed by atoms with Gasteiger partial charge in [0.1, 0.15) is 11.7 Å². The number of carbonyl (C=O) groups is 1. The Labute approximate surface area is 134 Å². The first-order valence-corrected chi connectivity index (χ1v) is 8.19. The molecule has 23 heavy (non-hydrogen) atoms. The standard InChI is InChI=1S/C17H19N5O/c18-12-14-16(19-15-4-1-2-9-22(14)15)20-7-3-8-21(11-10-20)17(23)13-5-6-13/h1-2,4,9,13H,3,5-8,10-11H2. The quantitative estimate of drug-likeness (QED) is 0.846. The number of carbonyl (C=O) groups excluding carboxylic acids is 1. The molecule has 1 aliphatic heterocycles. The Morgan fingerprint density at radius 1 is 1.22 bits per heavy atom. The van der Waals surface area contributed by atoms with Crippen LogP contribution >= 0.6 is 0 Å². The Kier molecular flexibility index (Phi) is 3.41. The zero-order valence-electron chi connectivity index (χ0n) is 13.0. The third kappa shape index (κ3) is 2.52. The lowest BCUT2D eigenvalue weighted by Crippen LogP contribution is -2.36. The smallest absolute Gasteiger partial charge is 0.225 e. The van der Waals surface area contributed by atoms with Crippen molar-refractivity contribution < 1.29 is 4.79 Å². The van der Waals surface area contributed by atoms with Crippen LogP contribution in [0, 0.1) is 17.2 Å². The monoisotopic (exact) mass is 309 g/mol. The molecule has 1 amide bonds. The number of pyridine rings is 1. The number of hydrogen-bond donors (Lipinski definition) is 0. The number of fused-ring (bicyclic) bond motifs is 1. The van der Waals surface area contributed by atoms with Gasteiger partial charge in [0.2, 0.25) is 5.91 Å². The van der Waals surface area contributed by atoms with Gasteiger partial charge in [0.15, 0.2) is 11.5 Å². The fourth-order valence-corrected chi connectivity index (χ4v) is 3.25. The molecule has 1 saturated carbocycles. The summed E-state index contributed by atoms with van der Waals surface area (Å²) in [5.74, 6) is 1.31. The number of hydrogen-bond acceptors (Lipinski definition) is 4. The highest BCUT2D eigenvalue weighted by molar-refractivity contribution is 5.81. The fourth-order valence-electron chi connectivity index (χ4n) is 3.25. The molecule has 0 atom stereocenters. The molecule has 0 radical (unpaired) electrons. The van der Waals surface area contributed by atoms with Crippen LogP contribution in [0.4, 0.5) is 5.82 Å². The molecule has 118 valence electrons. The van der Waals surface area contributed by atoms with Crippen molar-refractivity contribution in [3.05, 3.63) is 30.1 Å². The predicted molar refractivity (Wildman–Crippen MR) is 86.0 cm³/mol. The molecule has 3 heterocycles. The van der Waals surface area contributed by atoms with Crippen LogP contribution in [0.15, 0.2) is 24.4 Å². The van der Waals surface area contributed by atoms with Crippen molar-refractivity contribution in [2.24, 2.45) is 5.92 Å². The summed E-state index contributed by atoms with van der Waals surface area (Å²) in [4.78, 5) is 21.0. The summed E-state index contributed by atoms with van der Waals surface area (Å²) in [6.45, 7) is 3.08. The minimum absolute atomic E-state index is 0.270. The molecule has 1 saturated heterocycles. The normalized spacial score (nSPS) is 18.7. The average Bonchev–Trinajstić information content (AvgIpc) is 3.38. The van der Waals surface area contributed by atoms with E-state index in [0.717, 1.165) is 50.4 Å². The third-order valence-corrected chi connectivity index (χ3v) is 4.65. The molecule has 1 aliphatic carbocycles. The topological polar surface area (TPSA) is 64.6 Å². The van der Waals surface area contributed by atoms with Gasteiger partial charge in [0, 0.05) is 38.3 Å². The lowest BCUT2D eigenvalue weighted by molar-refractivity contribution is -0.132. The minimum atomic E-state index is 0.270. The molecule has 2 aromatic rings. The number of rotatable bonds is 2. The van der Waals surface area contributed by atoms with E-state index in [-0.39, 0.29) is 5.92 Å². The molecule has 0 bridgehead atoms. The summed E-state index contributed by atoms with van der Waals surface area (Å²) in [6.07, 6.45) is 4.87. The number of imidazole rings is 1. The van der Waals surface area contributed by atoms with Crippen LogP contribution in [-0.2, 0) is 4.79 Å². The largest absolute Gasteiger partial charge is 0.352 e. The van der Waals surface area contributed by atoms with Crippen molar-refractivity contribution in [1.29, 1.82) is 5.26 Å². The van der Waals surface area contributed by atoms with Gasteiger partial charge < -0.3 is 9.80 Å². The first kappa shape index (κ1) is 14.1. The molecule has 0 aromatic carbocycles. The summed E-state index contributed by atoms with van der Waals surface area (Å²) in [5, 5.41) is 9.53. The SMILES string of the molecule is N#Cc1c(N2CCCN(C(=O)C3CC3)CC2)nc2ccccn12.